The van der Waals surface area contributed by atoms with Crippen LogP contribution >= 0.6 is 23.5 Å². The van der Waals surface area contributed by atoms with E-state index >= 15 is 0 Å². The quantitative estimate of drug-likeness (QED) is 0.596. The predicted octanol–water partition coefficient (Wildman–Crippen LogP) is 2.85. The van der Waals surface area contributed by atoms with Crippen LogP contribution in [0.15, 0.2) is 29.2 Å². The van der Waals surface area contributed by atoms with Crippen molar-refractivity contribution in [3.8, 4) is 5.75 Å². The minimum Gasteiger partial charge on any atom is -0.507 e. The van der Waals surface area contributed by atoms with Crippen molar-refractivity contribution in [3.05, 3.63) is 24.3 Å². The van der Waals surface area contributed by atoms with Gasteiger partial charge < -0.3 is 5.11 Å². The maximum absolute atomic E-state index is 9.38. The van der Waals surface area contributed by atoms with Crippen LogP contribution in [0.2, 0.25) is 0 Å². The Kier molecular flexibility index (Phi) is 4.40. The zero-order chi connectivity index (χ0) is 8.81. The van der Waals surface area contributed by atoms with Gasteiger partial charge in [-0.15, -0.1) is 11.8 Å². The molecule has 0 aromatic heterocycles. The van der Waals surface area contributed by atoms with Gasteiger partial charge in [0.2, 0.25) is 0 Å². The molecule has 0 amide bonds. The SMILES string of the molecule is CSCCSc1ccccc1O. The molecule has 1 aromatic carbocycles. The molecule has 12 heavy (non-hydrogen) atoms. The number of phenolic OH excluding ortho intramolecular Hbond substituents is 1. The van der Waals surface area contributed by atoms with Gasteiger partial charge in [-0.25, -0.2) is 0 Å². The van der Waals surface area contributed by atoms with Crippen molar-refractivity contribution in [3.63, 3.8) is 0 Å². The Hall–Kier alpha value is -0.280. The van der Waals surface area contributed by atoms with Crippen molar-refractivity contribution in [1.82, 2.24) is 0 Å². The molecule has 3 heteroatoms. The fraction of sp³-hybridized carbons (Fsp3) is 0.333. The van der Waals surface area contributed by atoms with Gasteiger partial charge in [-0.05, 0) is 18.4 Å². The molecule has 0 aliphatic rings. The summed E-state index contributed by atoms with van der Waals surface area (Å²) in [4.78, 5) is 0.978. The average Bonchev–Trinajstić information content (AvgIpc) is 2.09. The largest absolute Gasteiger partial charge is 0.507 e. The van der Waals surface area contributed by atoms with E-state index in [0.717, 1.165) is 16.4 Å². The number of benzene rings is 1. The summed E-state index contributed by atoms with van der Waals surface area (Å²) in [5.41, 5.74) is 0. The standard InChI is InChI=1S/C9H12OS2/c1-11-6-7-12-9-5-3-2-4-8(9)10/h2-5,10H,6-7H2,1H3. The molecule has 0 aliphatic carbocycles. The van der Waals surface area contributed by atoms with E-state index in [-0.39, 0.29) is 0 Å². The summed E-state index contributed by atoms with van der Waals surface area (Å²) in [6.07, 6.45) is 2.09. The van der Waals surface area contributed by atoms with E-state index in [4.69, 9.17) is 0 Å². The van der Waals surface area contributed by atoms with Crippen LogP contribution in [0.5, 0.6) is 5.75 Å². The molecule has 0 radical (unpaired) electrons. The number of aromatic hydroxyl groups is 1. The predicted molar refractivity (Wildman–Crippen MR) is 57.2 cm³/mol. The normalized spacial score (nSPS) is 10.1. The number of thioether (sulfide) groups is 2. The third-order valence-corrected chi connectivity index (χ3v) is 3.35. The number of rotatable bonds is 4. The number of phenols is 1. The van der Waals surface area contributed by atoms with Gasteiger partial charge in [-0.2, -0.15) is 11.8 Å². The summed E-state index contributed by atoms with van der Waals surface area (Å²) >= 11 is 3.53. The van der Waals surface area contributed by atoms with Gasteiger partial charge in [0, 0.05) is 16.4 Å². The lowest BCUT2D eigenvalue weighted by molar-refractivity contribution is 0.462. The van der Waals surface area contributed by atoms with Gasteiger partial charge in [-0.3, -0.25) is 0 Å². The monoisotopic (exact) mass is 200 g/mol. The molecule has 0 spiro atoms. The second kappa shape index (κ2) is 5.38. The van der Waals surface area contributed by atoms with Crippen LogP contribution in [0.25, 0.3) is 0 Å². The summed E-state index contributed by atoms with van der Waals surface area (Å²) in [6.45, 7) is 0. The zero-order valence-electron chi connectivity index (χ0n) is 6.99. The molecule has 1 rings (SSSR count). The van der Waals surface area contributed by atoms with Crippen LogP contribution < -0.4 is 0 Å². The molecule has 0 fully saturated rings. The Labute approximate surface area is 81.6 Å². The third-order valence-electron chi connectivity index (χ3n) is 1.41. The molecule has 0 saturated heterocycles. The van der Waals surface area contributed by atoms with Gasteiger partial charge in [-0.1, -0.05) is 12.1 Å². The summed E-state index contributed by atoms with van der Waals surface area (Å²) in [5, 5.41) is 9.38. The van der Waals surface area contributed by atoms with Crippen molar-refractivity contribution in [2.45, 2.75) is 4.90 Å². The molecule has 1 nitrogen and oxygen atoms in total. The Morgan fingerprint density at radius 2 is 2.00 bits per heavy atom. The van der Waals surface area contributed by atoms with Gasteiger partial charge in [0.1, 0.15) is 5.75 Å². The van der Waals surface area contributed by atoms with E-state index in [1.807, 2.05) is 30.0 Å². The molecule has 0 aliphatic heterocycles. The van der Waals surface area contributed by atoms with Crippen LogP contribution in [-0.4, -0.2) is 22.9 Å². The van der Waals surface area contributed by atoms with E-state index < -0.39 is 0 Å². The Balaban J connectivity index is 2.46. The maximum Gasteiger partial charge on any atom is 0.129 e. The fourth-order valence-corrected chi connectivity index (χ4v) is 2.42. The van der Waals surface area contributed by atoms with Gasteiger partial charge >= 0.3 is 0 Å². The van der Waals surface area contributed by atoms with Crippen LogP contribution in [0.3, 0.4) is 0 Å². The van der Waals surface area contributed by atoms with Crippen LogP contribution in [0, 0.1) is 0 Å². The van der Waals surface area contributed by atoms with E-state index in [1.165, 1.54) is 0 Å². The number of hydrogen-bond acceptors (Lipinski definition) is 3. The van der Waals surface area contributed by atoms with E-state index in [9.17, 15) is 5.11 Å². The summed E-state index contributed by atoms with van der Waals surface area (Å²) in [5.74, 6) is 2.57. The van der Waals surface area contributed by atoms with Crippen LogP contribution in [-0.2, 0) is 0 Å². The van der Waals surface area contributed by atoms with Crippen molar-refractivity contribution < 1.29 is 5.11 Å². The highest BCUT2D eigenvalue weighted by Gasteiger charge is 1.98. The van der Waals surface area contributed by atoms with Gasteiger partial charge in [0.15, 0.2) is 0 Å². The molecule has 0 saturated carbocycles. The third kappa shape index (κ3) is 2.99. The van der Waals surface area contributed by atoms with Gasteiger partial charge in [0.25, 0.3) is 0 Å². The smallest absolute Gasteiger partial charge is 0.129 e. The fourth-order valence-electron chi connectivity index (χ4n) is 0.814. The second-order valence-electron chi connectivity index (χ2n) is 2.31. The first-order valence-electron chi connectivity index (χ1n) is 3.74. The average molecular weight is 200 g/mol. The van der Waals surface area contributed by atoms with Crippen molar-refractivity contribution in [2.75, 3.05) is 17.8 Å². The summed E-state index contributed by atoms with van der Waals surface area (Å²) in [6, 6.07) is 7.46. The van der Waals surface area contributed by atoms with Crippen LogP contribution in [0.1, 0.15) is 0 Å². The topological polar surface area (TPSA) is 20.2 Å². The highest BCUT2D eigenvalue weighted by Crippen LogP contribution is 2.27. The molecule has 0 atom stereocenters. The zero-order valence-corrected chi connectivity index (χ0v) is 8.62. The highest BCUT2D eigenvalue weighted by atomic mass is 32.2. The molecule has 1 aromatic rings. The number of para-hydroxylation sites is 1. The van der Waals surface area contributed by atoms with E-state index in [2.05, 4.69) is 6.26 Å². The minimum atomic E-state index is 0.392. The number of hydrogen-bond donors (Lipinski definition) is 1. The first-order chi connectivity index (χ1) is 5.84. The lowest BCUT2D eigenvalue weighted by Crippen LogP contribution is -1.82. The molecule has 1 N–H and O–H groups in total. The van der Waals surface area contributed by atoms with Gasteiger partial charge in [0.05, 0.1) is 0 Å². The molecule has 0 heterocycles. The van der Waals surface area contributed by atoms with Crippen molar-refractivity contribution in [2.24, 2.45) is 0 Å². The molecule has 0 bridgehead atoms. The Bertz CT molecular complexity index is 238. The second-order valence-corrected chi connectivity index (χ2v) is 4.43. The minimum absolute atomic E-state index is 0.392. The lowest BCUT2D eigenvalue weighted by atomic mass is 10.3. The van der Waals surface area contributed by atoms with E-state index in [0.29, 0.717) is 5.75 Å². The molecule has 0 unspecified atom stereocenters. The Morgan fingerprint density at radius 1 is 1.25 bits per heavy atom. The first-order valence-corrected chi connectivity index (χ1v) is 6.12. The van der Waals surface area contributed by atoms with Crippen molar-refractivity contribution >= 4 is 23.5 Å². The summed E-state index contributed by atoms with van der Waals surface area (Å²) in [7, 11) is 0. The van der Waals surface area contributed by atoms with Crippen molar-refractivity contribution in [1.29, 1.82) is 0 Å². The van der Waals surface area contributed by atoms with Crippen LogP contribution in [0.4, 0.5) is 0 Å². The molecular formula is C9H12OS2. The Morgan fingerprint density at radius 3 is 2.67 bits per heavy atom. The highest BCUT2D eigenvalue weighted by molar-refractivity contribution is 8.02. The molecule has 66 valence electrons. The maximum atomic E-state index is 9.38. The van der Waals surface area contributed by atoms with E-state index in [1.54, 1.807) is 17.8 Å². The first kappa shape index (κ1) is 9.81. The summed E-state index contributed by atoms with van der Waals surface area (Å²) < 4.78 is 0. The molecular weight excluding hydrogens is 188 g/mol. The lowest BCUT2D eigenvalue weighted by Gasteiger charge is -2.01.